The van der Waals surface area contributed by atoms with E-state index in [1.54, 1.807) is 19.9 Å². The monoisotopic (exact) mass is 494 g/mol. The summed E-state index contributed by atoms with van der Waals surface area (Å²) < 4.78 is 29.1. The van der Waals surface area contributed by atoms with E-state index in [-0.39, 0.29) is 16.8 Å². The Hall–Kier alpha value is -3.30. The molecule has 0 N–H and O–H groups in total. The van der Waals surface area contributed by atoms with Crippen molar-refractivity contribution >= 4 is 36.1 Å². The number of hydrogen-bond acceptors (Lipinski definition) is 11. The molecule has 1 saturated heterocycles. The number of carbonyl (C=O) groups excluding carboxylic acids is 4. The molecule has 184 valence electrons. The van der Waals surface area contributed by atoms with Crippen LogP contribution in [0.2, 0.25) is 0 Å². The Kier molecular flexibility index (Phi) is 8.89. The molecule has 0 spiro atoms. The molecule has 0 amide bonds. The molecular weight excluding hydrogens is 468 g/mol. The van der Waals surface area contributed by atoms with Gasteiger partial charge in [0, 0.05) is 33.4 Å². The first-order valence-corrected chi connectivity index (χ1v) is 10.7. The van der Waals surface area contributed by atoms with Crippen molar-refractivity contribution in [3.05, 3.63) is 27.5 Å². The Morgan fingerprint density at radius 3 is 2.00 bits per heavy atom. The molecule has 1 aliphatic rings. The van der Waals surface area contributed by atoms with Crippen molar-refractivity contribution in [2.45, 2.75) is 72.2 Å². The average molecular weight is 495 g/mol. The zero-order valence-electron chi connectivity index (χ0n) is 19.6. The van der Waals surface area contributed by atoms with Crippen molar-refractivity contribution in [3.63, 3.8) is 0 Å². The minimum absolute atomic E-state index is 0.0894. The van der Waals surface area contributed by atoms with Crippen LogP contribution in [0.3, 0.4) is 0 Å². The highest BCUT2D eigenvalue weighted by atomic mass is 32.1. The SMILES string of the molecule is CC(=O)OC[C@H]1O[C@@H](n2c(C)c(C)cc(C#N)c2=S)[C@H](OC(C)=O)[C@@H](OC(C)=O)[C@H]1OC(C)=O. The maximum absolute atomic E-state index is 12.0. The van der Waals surface area contributed by atoms with Gasteiger partial charge in [-0.25, -0.2) is 0 Å². The van der Waals surface area contributed by atoms with Gasteiger partial charge in [0.25, 0.3) is 0 Å². The van der Waals surface area contributed by atoms with Crippen molar-refractivity contribution < 1.29 is 42.9 Å². The van der Waals surface area contributed by atoms with Crippen LogP contribution >= 0.6 is 12.2 Å². The second-order valence-corrected chi connectivity index (χ2v) is 8.09. The van der Waals surface area contributed by atoms with Crippen molar-refractivity contribution in [2.75, 3.05) is 6.61 Å². The summed E-state index contributed by atoms with van der Waals surface area (Å²) in [5, 5.41) is 9.54. The van der Waals surface area contributed by atoms with Gasteiger partial charge in [-0.2, -0.15) is 5.26 Å². The molecule has 0 aromatic carbocycles. The summed E-state index contributed by atoms with van der Waals surface area (Å²) in [5.41, 5.74) is 1.45. The molecule has 0 bridgehead atoms. The van der Waals surface area contributed by atoms with E-state index in [1.807, 2.05) is 6.07 Å². The molecular formula is C22H26N2O9S. The molecule has 0 aliphatic carbocycles. The van der Waals surface area contributed by atoms with Crippen molar-refractivity contribution in [1.29, 1.82) is 5.26 Å². The van der Waals surface area contributed by atoms with E-state index < -0.39 is 54.5 Å². The first-order valence-electron chi connectivity index (χ1n) is 10.3. The number of pyridine rings is 1. The largest absolute Gasteiger partial charge is 0.463 e. The predicted molar refractivity (Wildman–Crippen MR) is 117 cm³/mol. The summed E-state index contributed by atoms with van der Waals surface area (Å²) in [4.78, 5) is 47.3. The van der Waals surface area contributed by atoms with Gasteiger partial charge in [-0.15, -0.1) is 0 Å². The van der Waals surface area contributed by atoms with E-state index >= 15 is 0 Å². The Bertz CT molecular complexity index is 1090. The summed E-state index contributed by atoms with van der Waals surface area (Å²) in [6, 6.07) is 3.63. The van der Waals surface area contributed by atoms with Crippen LogP contribution in [0.5, 0.6) is 0 Å². The van der Waals surface area contributed by atoms with Crippen LogP contribution in [-0.2, 0) is 42.9 Å². The number of aryl methyl sites for hydroxylation is 1. The van der Waals surface area contributed by atoms with Crippen LogP contribution in [0.25, 0.3) is 0 Å². The number of nitrogens with zero attached hydrogens (tertiary/aromatic N) is 2. The van der Waals surface area contributed by atoms with Gasteiger partial charge in [0.1, 0.15) is 23.4 Å². The summed E-state index contributed by atoms with van der Waals surface area (Å²) >= 11 is 5.50. The smallest absolute Gasteiger partial charge is 0.303 e. The van der Waals surface area contributed by atoms with Crippen molar-refractivity contribution in [2.24, 2.45) is 0 Å². The number of nitriles is 1. The third-order valence-electron chi connectivity index (χ3n) is 5.08. The molecule has 12 heteroatoms. The first-order chi connectivity index (χ1) is 15.9. The first kappa shape index (κ1) is 26.9. The minimum Gasteiger partial charge on any atom is -0.463 e. The topological polar surface area (TPSA) is 143 Å². The fourth-order valence-electron chi connectivity index (χ4n) is 3.65. The number of carbonyl (C=O) groups is 4. The maximum atomic E-state index is 12.0. The fraction of sp³-hybridized carbons (Fsp3) is 0.545. The number of ether oxygens (including phenoxy) is 5. The Morgan fingerprint density at radius 1 is 0.971 bits per heavy atom. The van der Waals surface area contributed by atoms with Gasteiger partial charge in [0.15, 0.2) is 24.5 Å². The summed E-state index contributed by atoms with van der Waals surface area (Å²) in [7, 11) is 0. The number of hydrogen-bond donors (Lipinski definition) is 0. The second kappa shape index (κ2) is 11.2. The van der Waals surface area contributed by atoms with Gasteiger partial charge in [-0.3, -0.25) is 19.2 Å². The van der Waals surface area contributed by atoms with E-state index in [9.17, 15) is 24.4 Å². The van der Waals surface area contributed by atoms with Crippen LogP contribution < -0.4 is 0 Å². The molecule has 0 saturated carbocycles. The lowest BCUT2D eigenvalue weighted by molar-refractivity contribution is -0.269. The van der Waals surface area contributed by atoms with Gasteiger partial charge in [-0.05, 0) is 25.5 Å². The van der Waals surface area contributed by atoms with Crippen LogP contribution in [-0.4, -0.2) is 59.5 Å². The van der Waals surface area contributed by atoms with Gasteiger partial charge < -0.3 is 28.3 Å². The van der Waals surface area contributed by atoms with E-state index in [1.165, 1.54) is 11.5 Å². The quantitative estimate of drug-likeness (QED) is 0.325. The van der Waals surface area contributed by atoms with Crippen molar-refractivity contribution in [3.8, 4) is 6.07 Å². The number of aromatic nitrogens is 1. The zero-order chi connectivity index (χ0) is 25.7. The van der Waals surface area contributed by atoms with Crippen LogP contribution in [0.15, 0.2) is 6.07 Å². The lowest BCUT2D eigenvalue weighted by Gasteiger charge is -2.45. The van der Waals surface area contributed by atoms with Crippen molar-refractivity contribution in [1.82, 2.24) is 4.57 Å². The predicted octanol–water partition coefficient (Wildman–Crippen LogP) is 1.96. The molecule has 0 radical (unpaired) electrons. The average Bonchev–Trinajstić information content (AvgIpc) is 2.72. The number of rotatable bonds is 6. The van der Waals surface area contributed by atoms with E-state index in [0.717, 1.165) is 20.8 Å². The summed E-state index contributed by atoms with van der Waals surface area (Å²) in [6.07, 6.45) is -6.27. The normalized spacial score (nSPS) is 23.9. The highest BCUT2D eigenvalue weighted by molar-refractivity contribution is 7.71. The molecule has 1 fully saturated rings. The van der Waals surface area contributed by atoms with Crippen LogP contribution in [0.4, 0.5) is 0 Å². The second-order valence-electron chi connectivity index (χ2n) is 7.70. The lowest BCUT2D eigenvalue weighted by Crippen LogP contribution is -2.60. The molecule has 1 aromatic heterocycles. The highest BCUT2D eigenvalue weighted by Gasteiger charge is 2.53. The van der Waals surface area contributed by atoms with E-state index in [4.69, 9.17) is 35.9 Å². The fourth-order valence-corrected chi connectivity index (χ4v) is 4.00. The molecule has 11 nitrogen and oxygen atoms in total. The van der Waals surface area contributed by atoms with E-state index in [0.29, 0.717) is 11.3 Å². The van der Waals surface area contributed by atoms with Gasteiger partial charge in [-0.1, -0.05) is 12.2 Å². The lowest BCUT2D eigenvalue weighted by atomic mass is 9.96. The van der Waals surface area contributed by atoms with Crippen LogP contribution in [0, 0.1) is 29.8 Å². The highest BCUT2D eigenvalue weighted by Crippen LogP contribution is 2.36. The molecule has 2 heterocycles. The van der Waals surface area contributed by atoms with Gasteiger partial charge in [0.2, 0.25) is 0 Å². The minimum atomic E-state index is -1.34. The standard InChI is InChI=1S/C22H26N2O9S/c1-10-7-16(8-23)22(34)24(11(10)2)21-20(32-15(6)28)19(31-14(5)27)18(30-13(4)26)17(33-21)9-29-12(3)25/h7,17-21H,9H2,1-6H3/t17-,18+,19+,20-,21-/m1/s1. The van der Waals surface area contributed by atoms with E-state index in [2.05, 4.69) is 0 Å². The Morgan fingerprint density at radius 2 is 1.50 bits per heavy atom. The molecule has 1 aliphatic heterocycles. The third-order valence-corrected chi connectivity index (χ3v) is 5.50. The van der Waals surface area contributed by atoms with Gasteiger partial charge in [0.05, 0.1) is 5.56 Å². The zero-order valence-corrected chi connectivity index (χ0v) is 20.5. The summed E-state index contributed by atoms with van der Waals surface area (Å²) in [5.74, 6) is -2.82. The number of esters is 4. The Balaban J connectivity index is 2.76. The molecule has 2 rings (SSSR count). The molecule has 0 unspecified atom stereocenters. The van der Waals surface area contributed by atoms with Gasteiger partial charge >= 0.3 is 23.9 Å². The summed E-state index contributed by atoms with van der Waals surface area (Å²) in [6.45, 7) is 7.73. The molecule has 5 atom stereocenters. The maximum Gasteiger partial charge on any atom is 0.303 e. The third kappa shape index (κ3) is 6.18. The van der Waals surface area contributed by atoms with Crippen LogP contribution in [0.1, 0.15) is 50.7 Å². The molecule has 1 aromatic rings. The molecule has 34 heavy (non-hydrogen) atoms. The Labute approximate surface area is 201 Å².